The van der Waals surface area contributed by atoms with E-state index in [1.54, 1.807) is 13.2 Å². The quantitative estimate of drug-likeness (QED) is 0.254. The molecule has 34 heavy (non-hydrogen) atoms. The maximum Gasteiger partial charge on any atom is 0.243 e. The molecule has 0 atom stereocenters. The van der Waals surface area contributed by atoms with E-state index in [0.29, 0.717) is 24.7 Å². The van der Waals surface area contributed by atoms with Crippen LogP contribution in [0.5, 0.6) is 11.5 Å². The molecular formula is C27H29N3O4. The number of carbonyl (C=O) groups is 1. The topological polar surface area (TPSA) is 89.4 Å². The van der Waals surface area contributed by atoms with Gasteiger partial charge in [0.15, 0.2) is 11.5 Å². The van der Waals surface area contributed by atoms with Gasteiger partial charge in [-0.05, 0) is 62.1 Å². The van der Waals surface area contributed by atoms with Crippen molar-refractivity contribution in [1.82, 2.24) is 15.5 Å². The molecule has 4 rings (SSSR count). The monoisotopic (exact) mass is 459 g/mol. The molecule has 0 saturated carbocycles. The number of benzene rings is 2. The highest BCUT2D eigenvalue weighted by Gasteiger charge is 2.12. The molecule has 176 valence electrons. The number of hydrogen-bond donors (Lipinski definition) is 2. The number of fused-ring (bicyclic) bond motifs is 1. The minimum atomic E-state index is -0.128. The number of hydrogen-bond acceptors (Lipinski definition) is 5. The average Bonchev–Trinajstić information content (AvgIpc) is 3.41. The fraction of sp³-hybridized carbons (Fsp3) is 0.259. The zero-order valence-electron chi connectivity index (χ0n) is 19.7. The van der Waals surface area contributed by atoms with Crippen molar-refractivity contribution in [3.8, 4) is 11.5 Å². The van der Waals surface area contributed by atoms with Gasteiger partial charge in [-0.15, -0.1) is 0 Å². The Balaban J connectivity index is 1.27. The molecule has 0 unspecified atom stereocenters. The number of carbonyl (C=O) groups excluding carboxylic acids is 1. The number of nitrogens with one attached hydrogen (secondary N) is 2. The average molecular weight is 460 g/mol. The summed E-state index contributed by atoms with van der Waals surface area (Å²) in [5.74, 6) is 1.81. The zero-order valence-corrected chi connectivity index (χ0v) is 19.7. The number of H-pyrrole nitrogens is 1. The van der Waals surface area contributed by atoms with Gasteiger partial charge >= 0.3 is 0 Å². The van der Waals surface area contributed by atoms with Crippen LogP contribution < -0.4 is 14.8 Å². The Morgan fingerprint density at radius 2 is 2.03 bits per heavy atom. The Labute approximate surface area is 198 Å². The third kappa shape index (κ3) is 5.49. The molecule has 2 heterocycles. The van der Waals surface area contributed by atoms with Crippen molar-refractivity contribution in [2.24, 2.45) is 0 Å². The van der Waals surface area contributed by atoms with Gasteiger partial charge in [0.2, 0.25) is 5.91 Å². The van der Waals surface area contributed by atoms with E-state index in [4.69, 9.17) is 14.0 Å². The van der Waals surface area contributed by atoms with Crippen LogP contribution in [0, 0.1) is 13.8 Å². The Morgan fingerprint density at radius 1 is 1.18 bits per heavy atom. The molecule has 0 saturated heterocycles. The number of aromatic nitrogens is 2. The maximum absolute atomic E-state index is 12.2. The highest BCUT2D eigenvalue weighted by Crippen LogP contribution is 2.30. The van der Waals surface area contributed by atoms with E-state index < -0.39 is 0 Å². The largest absolute Gasteiger partial charge is 0.493 e. The summed E-state index contributed by atoms with van der Waals surface area (Å²) in [7, 11) is 1.59. The summed E-state index contributed by atoms with van der Waals surface area (Å²) < 4.78 is 16.5. The fourth-order valence-corrected chi connectivity index (χ4v) is 3.82. The SMILES string of the molecule is COc1cc(C=CC(=O)NCCCc2c[nH]c3ccccc23)ccc1OCc1c(C)noc1C. The van der Waals surface area contributed by atoms with Crippen LogP contribution in [-0.4, -0.2) is 29.7 Å². The molecule has 2 aromatic heterocycles. The van der Waals surface area contributed by atoms with Crippen LogP contribution >= 0.6 is 0 Å². The van der Waals surface area contributed by atoms with Gasteiger partial charge in [-0.3, -0.25) is 4.79 Å². The van der Waals surface area contributed by atoms with Gasteiger partial charge in [0.1, 0.15) is 12.4 Å². The van der Waals surface area contributed by atoms with Crippen molar-refractivity contribution in [2.75, 3.05) is 13.7 Å². The van der Waals surface area contributed by atoms with Gasteiger partial charge in [0, 0.05) is 29.7 Å². The molecule has 0 aliphatic rings. The second kappa shape index (κ2) is 10.7. The molecule has 4 aromatic rings. The number of rotatable bonds is 10. The number of methoxy groups -OCH3 is 1. The minimum absolute atomic E-state index is 0.128. The molecule has 7 nitrogen and oxygen atoms in total. The van der Waals surface area contributed by atoms with Gasteiger partial charge in [0.25, 0.3) is 0 Å². The van der Waals surface area contributed by atoms with Crippen LogP contribution in [0.15, 0.2) is 59.3 Å². The molecule has 7 heteroatoms. The van der Waals surface area contributed by atoms with Crippen LogP contribution in [0.4, 0.5) is 0 Å². The number of ether oxygens (including phenoxy) is 2. The van der Waals surface area contributed by atoms with Gasteiger partial charge in [0.05, 0.1) is 18.4 Å². The highest BCUT2D eigenvalue weighted by molar-refractivity contribution is 5.91. The first-order valence-corrected chi connectivity index (χ1v) is 11.3. The van der Waals surface area contributed by atoms with E-state index in [1.807, 2.05) is 50.4 Å². The van der Waals surface area contributed by atoms with Crippen molar-refractivity contribution in [2.45, 2.75) is 33.3 Å². The Morgan fingerprint density at radius 3 is 2.82 bits per heavy atom. The molecule has 0 fully saturated rings. The van der Waals surface area contributed by atoms with Gasteiger partial charge in [-0.25, -0.2) is 0 Å². The lowest BCUT2D eigenvalue weighted by atomic mass is 10.1. The van der Waals surface area contributed by atoms with Crippen molar-refractivity contribution < 1.29 is 18.8 Å². The van der Waals surface area contributed by atoms with Crippen molar-refractivity contribution in [1.29, 1.82) is 0 Å². The number of aryl methyl sites for hydroxylation is 3. The van der Waals surface area contributed by atoms with Gasteiger partial charge in [-0.1, -0.05) is 29.4 Å². The first kappa shape index (κ1) is 23.2. The first-order valence-electron chi connectivity index (χ1n) is 11.3. The van der Waals surface area contributed by atoms with E-state index in [1.165, 1.54) is 17.0 Å². The number of aromatic amines is 1. The molecule has 0 aliphatic carbocycles. The predicted molar refractivity (Wildman–Crippen MR) is 132 cm³/mol. The molecule has 1 amide bonds. The maximum atomic E-state index is 12.2. The normalized spacial score (nSPS) is 11.3. The second-order valence-electron chi connectivity index (χ2n) is 8.09. The summed E-state index contributed by atoms with van der Waals surface area (Å²) in [6.07, 6.45) is 7.11. The lowest BCUT2D eigenvalue weighted by Gasteiger charge is -2.11. The Bertz CT molecular complexity index is 1280. The molecular weight excluding hydrogens is 430 g/mol. The summed E-state index contributed by atoms with van der Waals surface area (Å²) in [5.41, 5.74) is 4.98. The van der Waals surface area contributed by atoms with Crippen LogP contribution in [0.25, 0.3) is 17.0 Å². The summed E-state index contributed by atoms with van der Waals surface area (Å²) in [4.78, 5) is 15.5. The van der Waals surface area contributed by atoms with E-state index in [9.17, 15) is 4.79 Å². The smallest absolute Gasteiger partial charge is 0.243 e. The molecule has 2 N–H and O–H groups in total. The van der Waals surface area contributed by atoms with Gasteiger partial charge < -0.3 is 24.3 Å². The first-order chi connectivity index (χ1) is 16.5. The fourth-order valence-electron chi connectivity index (χ4n) is 3.82. The summed E-state index contributed by atoms with van der Waals surface area (Å²) in [5, 5.41) is 8.12. The van der Waals surface area contributed by atoms with E-state index in [2.05, 4.69) is 27.6 Å². The zero-order chi connectivity index (χ0) is 23.9. The Hall–Kier alpha value is -4.00. The molecule has 0 aliphatic heterocycles. The molecule has 0 spiro atoms. The van der Waals surface area contributed by atoms with Crippen molar-refractivity contribution in [3.05, 3.63) is 82.9 Å². The highest BCUT2D eigenvalue weighted by atomic mass is 16.5. The third-order valence-corrected chi connectivity index (χ3v) is 5.77. The van der Waals surface area contributed by atoms with E-state index in [-0.39, 0.29) is 5.91 Å². The van der Waals surface area contributed by atoms with Crippen LogP contribution in [-0.2, 0) is 17.8 Å². The lowest BCUT2D eigenvalue weighted by molar-refractivity contribution is -0.116. The van der Waals surface area contributed by atoms with Crippen LogP contribution in [0.3, 0.4) is 0 Å². The summed E-state index contributed by atoms with van der Waals surface area (Å²) >= 11 is 0. The van der Waals surface area contributed by atoms with E-state index in [0.717, 1.165) is 40.9 Å². The van der Waals surface area contributed by atoms with Crippen LogP contribution in [0.1, 0.15) is 34.6 Å². The van der Waals surface area contributed by atoms with Crippen molar-refractivity contribution >= 4 is 22.9 Å². The minimum Gasteiger partial charge on any atom is -0.493 e. The molecule has 0 radical (unpaired) electrons. The predicted octanol–water partition coefficient (Wildman–Crippen LogP) is 5.12. The van der Waals surface area contributed by atoms with E-state index >= 15 is 0 Å². The van der Waals surface area contributed by atoms with Crippen LogP contribution in [0.2, 0.25) is 0 Å². The Kier molecular flexibility index (Phi) is 7.32. The molecule has 0 bridgehead atoms. The lowest BCUT2D eigenvalue weighted by Crippen LogP contribution is -2.22. The van der Waals surface area contributed by atoms with Gasteiger partial charge in [-0.2, -0.15) is 0 Å². The third-order valence-electron chi connectivity index (χ3n) is 5.77. The van der Waals surface area contributed by atoms with Crippen molar-refractivity contribution in [3.63, 3.8) is 0 Å². The summed E-state index contributed by atoms with van der Waals surface area (Å²) in [6, 6.07) is 13.8. The second-order valence-corrected chi connectivity index (χ2v) is 8.09. The number of nitrogens with zero attached hydrogens (tertiary/aromatic N) is 1. The molecule has 2 aromatic carbocycles. The standard InChI is InChI=1S/C27H29N3O4/c1-18-23(19(2)34-30-18)17-33-25-12-10-20(15-26(25)32-3)11-13-27(31)28-14-6-7-21-16-29-24-9-5-4-8-22(21)24/h4-5,8-13,15-16,29H,6-7,14,17H2,1-3H3,(H,28,31). The number of para-hydroxylation sites is 1. The number of amides is 1. The summed E-state index contributed by atoms with van der Waals surface area (Å²) in [6.45, 7) is 4.69.